The molecule has 1 atom stereocenters. The average Bonchev–Trinajstić information content (AvgIpc) is 2.39. The first kappa shape index (κ1) is 13.6. The number of hydrogen-bond acceptors (Lipinski definition) is 3. The van der Waals surface area contributed by atoms with Gasteiger partial charge in [-0.25, -0.2) is 8.78 Å². The van der Waals surface area contributed by atoms with Crippen molar-refractivity contribution in [1.29, 1.82) is 0 Å². The van der Waals surface area contributed by atoms with E-state index in [2.05, 4.69) is 0 Å². The van der Waals surface area contributed by atoms with Gasteiger partial charge in [-0.15, -0.1) is 0 Å². The molecule has 1 aromatic carbocycles. The minimum atomic E-state index is -3.06. The van der Waals surface area contributed by atoms with Crippen molar-refractivity contribution in [3.05, 3.63) is 35.4 Å². The molecule has 3 nitrogen and oxygen atoms in total. The molecular formula is C14H14F2O3. The third-order valence-corrected chi connectivity index (χ3v) is 3.47. The van der Waals surface area contributed by atoms with Gasteiger partial charge in [-0.1, -0.05) is 24.3 Å². The summed E-state index contributed by atoms with van der Waals surface area (Å²) in [5, 5.41) is 0. The predicted molar refractivity (Wildman–Crippen MR) is 64.2 cm³/mol. The van der Waals surface area contributed by atoms with Crippen molar-refractivity contribution in [3.63, 3.8) is 0 Å². The summed E-state index contributed by atoms with van der Waals surface area (Å²) < 4.78 is 31.4. The molecule has 0 saturated heterocycles. The molecule has 2 rings (SSSR count). The number of carbonyl (C=O) groups is 2. The van der Waals surface area contributed by atoms with E-state index in [1.165, 1.54) is 13.0 Å². The molecular weight excluding hydrogens is 254 g/mol. The van der Waals surface area contributed by atoms with Crippen LogP contribution in [0.4, 0.5) is 8.78 Å². The molecule has 1 aliphatic rings. The Kier molecular flexibility index (Phi) is 3.64. The quantitative estimate of drug-likeness (QED) is 0.625. The van der Waals surface area contributed by atoms with Gasteiger partial charge in [0.15, 0.2) is 11.2 Å². The molecule has 0 aliphatic heterocycles. The lowest BCUT2D eigenvalue weighted by Gasteiger charge is -2.33. The van der Waals surface area contributed by atoms with E-state index in [-0.39, 0.29) is 25.0 Å². The van der Waals surface area contributed by atoms with Crippen molar-refractivity contribution < 1.29 is 23.1 Å². The summed E-state index contributed by atoms with van der Waals surface area (Å²) in [6, 6.07) is 6.54. The number of aryl methyl sites for hydroxylation is 1. The Labute approximate surface area is 109 Å². The van der Waals surface area contributed by atoms with E-state index in [9.17, 15) is 18.4 Å². The molecule has 0 saturated carbocycles. The molecule has 0 aromatic heterocycles. The lowest BCUT2D eigenvalue weighted by atomic mass is 9.70. The number of halogens is 2. The van der Waals surface area contributed by atoms with E-state index >= 15 is 0 Å². The predicted octanol–water partition coefficient (Wildman–Crippen LogP) is 2.63. The highest BCUT2D eigenvalue weighted by molar-refractivity contribution is 6.14. The van der Waals surface area contributed by atoms with E-state index < -0.39 is 23.6 Å². The maximum Gasteiger partial charge on any atom is 0.325 e. The van der Waals surface area contributed by atoms with Crippen LogP contribution < -0.4 is 0 Å². The minimum Gasteiger partial charge on any atom is -0.465 e. The van der Waals surface area contributed by atoms with Crippen molar-refractivity contribution in [2.75, 3.05) is 6.61 Å². The Morgan fingerprint density at radius 1 is 1.42 bits per heavy atom. The smallest absolute Gasteiger partial charge is 0.325 e. The second-order valence-corrected chi connectivity index (χ2v) is 4.48. The Balaban J connectivity index is 2.48. The largest absolute Gasteiger partial charge is 0.465 e. The lowest BCUT2D eigenvalue weighted by molar-refractivity contribution is -0.161. The third-order valence-electron chi connectivity index (χ3n) is 3.47. The number of benzene rings is 1. The Morgan fingerprint density at radius 2 is 2.11 bits per heavy atom. The van der Waals surface area contributed by atoms with Crippen LogP contribution in [0.3, 0.4) is 0 Å². The summed E-state index contributed by atoms with van der Waals surface area (Å²) in [5.74, 6) is -1.95. The summed E-state index contributed by atoms with van der Waals surface area (Å²) in [4.78, 5) is 24.2. The zero-order chi connectivity index (χ0) is 14.0. The van der Waals surface area contributed by atoms with Crippen molar-refractivity contribution in [3.8, 4) is 0 Å². The van der Waals surface area contributed by atoms with E-state index in [1.54, 1.807) is 18.2 Å². The van der Waals surface area contributed by atoms with Crippen LogP contribution in [0.5, 0.6) is 0 Å². The second-order valence-electron chi connectivity index (χ2n) is 4.48. The molecule has 1 aromatic rings. The zero-order valence-electron chi connectivity index (χ0n) is 10.5. The van der Waals surface area contributed by atoms with Crippen LogP contribution in [0.2, 0.25) is 0 Å². The molecule has 5 heteroatoms. The molecule has 0 radical (unpaired) electrons. The van der Waals surface area contributed by atoms with Crippen LogP contribution in [0, 0.1) is 5.41 Å². The van der Waals surface area contributed by atoms with Crippen LogP contribution in [0.1, 0.15) is 29.3 Å². The van der Waals surface area contributed by atoms with Crippen molar-refractivity contribution in [2.45, 2.75) is 26.2 Å². The van der Waals surface area contributed by atoms with Gasteiger partial charge in [-0.05, 0) is 25.3 Å². The number of hydrogen-bond donors (Lipinski definition) is 0. The second kappa shape index (κ2) is 5.07. The Hall–Kier alpha value is -1.78. The van der Waals surface area contributed by atoms with Gasteiger partial charge in [0, 0.05) is 5.56 Å². The topological polar surface area (TPSA) is 43.4 Å². The first-order chi connectivity index (χ1) is 9.04. The molecule has 0 N–H and O–H groups in total. The highest BCUT2D eigenvalue weighted by atomic mass is 19.3. The molecule has 0 bridgehead atoms. The first-order valence-electron chi connectivity index (χ1n) is 6.12. The normalized spacial score (nSPS) is 22.2. The number of Topliss-reactive ketones (excluding diaryl/α,β-unsaturated/α-hetero) is 1. The fourth-order valence-electron chi connectivity index (χ4n) is 2.40. The maximum atomic E-state index is 13.4. The van der Waals surface area contributed by atoms with Gasteiger partial charge in [0.1, 0.15) is 0 Å². The third kappa shape index (κ3) is 2.03. The molecule has 1 unspecified atom stereocenters. The SMILES string of the molecule is CCOC(=O)C1(C(F)F)CCc2ccccc2C1=O. The van der Waals surface area contributed by atoms with Crippen LogP contribution in [-0.2, 0) is 16.0 Å². The fraction of sp³-hybridized carbons (Fsp3) is 0.429. The van der Waals surface area contributed by atoms with Crippen LogP contribution in [-0.4, -0.2) is 24.8 Å². The van der Waals surface area contributed by atoms with Crippen molar-refractivity contribution >= 4 is 11.8 Å². The molecule has 0 amide bonds. The number of fused-ring (bicyclic) bond motifs is 1. The van der Waals surface area contributed by atoms with Gasteiger partial charge in [0.05, 0.1) is 6.61 Å². The van der Waals surface area contributed by atoms with Gasteiger partial charge in [-0.3, -0.25) is 9.59 Å². The summed E-state index contributed by atoms with van der Waals surface area (Å²) in [6.45, 7) is 1.50. The molecule has 0 fully saturated rings. The van der Waals surface area contributed by atoms with Crippen LogP contribution in [0.15, 0.2) is 24.3 Å². The fourth-order valence-corrected chi connectivity index (χ4v) is 2.40. The van der Waals surface area contributed by atoms with E-state index in [1.807, 2.05) is 0 Å². The van der Waals surface area contributed by atoms with E-state index in [0.29, 0.717) is 5.56 Å². The zero-order valence-corrected chi connectivity index (χ0v) is 10.5. The van der Waals surface area contributed by atoms with E-state index in [4.69, 9.17) is 4.74 Å². The molecule has 1 aliphatic carbocycles. The highest BCUT2D eigenvalue weighted by Crippen LogP contribution is 2.41. The maximum absolute atomic E-state index is 13.4. The van der Waals surface area contributed by atoms with Gasteiger partial charge in [-0.2, -0.15) is 0 Å². The number of esters is 1. The number of rotatable bonds is 3. The molecule has 102 valence electrons. The molecule has 0 spiro atoms. The standard InChI is InChI=1S/C14H14F2O3/c1-2-19-13(18)14(12(15)16)8-7-9-5-3-4-6-10(9)11(14)17/h3-6,12H,2,7-8H2,1H3. The van der Waals surface area contributed by atoms with Gasteiger partial charge in [0.2, 0.25) is 0 Å². The summed E-state index contributed by atoms with van der Waals surface area (Å²) >= 11 is 0. The summed E-state index contributed by atoms with van der Waals surface area (Å²) in [5.41, 5.74) is -1.44. The Morgan fingerprint density at radius 3 is 2.74 bits per heavy atom. The summed E-state index contributed by atoms with van der Waals surface area (Å²) in [6.07, 6.45) is -3.00. The lowest BCUT2D eigenvalue weighted by Crippen LogP contribution is -2.49. The van der Waals surface area contributed by atoms with Crippen LogP contribution >= 0.6 is 0 Å². The summed E-state index contributed by atoms with van der Waals surface area (Å²) in [7, 11) is 0. The first-order valence-corrected chi connectivity index (χ1v) is 6.12. The minimum absolute atomic E-state index is 0.0256. The number of ketones is 1. The monoisotopic (exact) mass is 268 g/mol. The van der Waals surface area contributed by atoms with Crippen molar-refractivity contribution in [2.24, 2.45) is 5.41 Å². The van der Waals surface area contributed by atoms with Gasteiger partial charge < -0.3 is 4.74 Å². The number of carbonyl (C=O) groups excluding carboxylic acids is 2. The van der Waals surface area contributed by atoms with Crippen molar-refractivity contribution in [1.82, 2.24) is 0 Å². The number of alkyl halides is 2. The highest BCUT2D eigenvalue weighted by Gasteiger charge is 2.57. The van der Waals surface area contributed by atoms with Gasteiger partial charge in [0.25, 0.3) is 6.43 Å². The van der Waals surface area contributed by atoms with Crippen LogP contribution in [0.25, 0.3) is 0 Å². The molecule has 19 heavy (non-hydrogen) atoms. The van der Waals surface area contributed by atoms with Gasteiger partial charge >= 0.3 is 5.97 Å². The number of ether oxygens (including phenoxy) is 1. The average molecular weight is 268 g/mol. The Bertz CT molecular complexity index is 513. The molecule has 0 heterocycles. The van der Waals surface area contributed by atoms with E-state index in [0.717, 1.165) is 0 Å².